The van der Waals surface area contributed by atoms with Gasteiger partial charge in [-0.15, -0.1) is 0 Å². The van der Waals surface area contributed by atoms with E-state index in [2.05, 4.69) is 11.1 Å². The van der Waals surface area contributed by atoms with Crippen molar-refractivity contribution >= 4 is 0 Å². The van der Waals surface area contributed by atoms with Crippen LogP contribution in [0.1, 0.15) is 24.5 Å². The minimum Gasteiger partial charge on any atom is -0.481 e. The van der Waals surface area contributed by atoms with E-state index in [9.17, 15) is 0 Å². The molecule has 0 aliphatic heterocycles. The van der Waals surface area contributed by atoms with Crippen LogP contribution in [0.5, 0.6) is 5.88 Å². The number of hydrogen-bond donors (Lipinski definition) is 1. The molecule has 1 aromatic heterocycles. The lowest BCUT2D eigenvalue weighted by Crippen LogP contribution is -2.15. The molecule has 0 spiro atoms. The number of aryl methyl sites for hydroxylation is 2. The van der Waals surface area contributed by atoms with Crippen molar-refractivity contribution in [3.63, 3.8) is 0 Å². The Morgan fingerprint density at radius 1 is 1.57 bits per heavy atom. The molecule has 1 heterocycles. The van der Waals surface area contributed by atoms with Gasteiger partial charge in [-0.3, -0.25) is 0 Å². The number of ether oxygens (including phenoxy) is 1. The van der Waals surface area contributed by atoms with Gasteiger partial charge in [-0.1, -0.05) is 0 Å². The van der Waals surface area contributed by atoms with Crippen molar-refractivity contribution in [2.24, 2.45) is 5.73 Å². The summed E-state index contributed by atoms with van der Waals surface area (Å²) < 4.78 is 5.09. The van der Waals surface area contributed by atoms with Crippen LogP contribution in [-0.2, 0) is 6.42 Å². The Morgan fingerprint density at radius 3 is 2.79 bits per heavy atom. The number of nitrogens with zero attached hydrogens (tertiary/aromatic N) is 1. The minimum atomic E-state index is 0.248. The number of methoxy groups -OCH3 is 1. The lowest BCUT2D eigenvalue weighted by atomic mass is 10.1. The first-order valence-corrected chi connectivity index (χ1v) is 4.88. The highest BCUT2D eigenvalue weighted by Gasteiger charge is 2.02. The molecule has 0 saturated heterocycles. The molecule has 0 bridgehead atoms. The second-order valence-corrected chi connectivity index (χ2v) is 3.69. The Hall–Kier alpha value is -1.09. The van der Waals surface area contributed by atoms with E-state index in [-0.39, 0.29) is 6.04 Å². The summed E-state index contributed by atoms with van der Waals surface area (Å²) in [6.45, 7) is 4.02. The number of hydrogen-bond acceptors (Lipinski definition) is 3. The fourth-order valence-corrected chi connectivity index (χ4v) is 1.37. The van der Waals surface area contributed by atoms with Crippen molar-refractivity contribution < 1.29 is 4.74 Å². The number of nitrogens with two attached hydrogens (primary N) is 1. The van der Waals surface area contributed by atoms with Crippen LogP contribution in [0.3, 0.4) is 0 Å². The van der Waals surface area contributed by atoms with E-state index < -0.39 is 0 Å². The van der Waals surface area contributed by atoms with E-state index >= 15 is 0 Å². The van der Waals surface area contributed by atoms with Crippen molar-refractivity contribution in [1.82, 2.24) is 4.98 Å². The van der Waals surface area contributed by atoms with Gasteiger partial charge in [0.25, 0.3) is 0 Å². The lowest BCUT2D eigenvalue weighted by molar-refractivity contribution is 0.394. The summed E-state index contributed by atoms with van der Waals surface area (Å²) >= 11 is 0. The van der Waals surface area contributed by atoms with Gasteiger partial charge in [0.2, 0.25) is 5.88 Å². The molecule has 3 heteroatoms. The second-order valence-electron chi connectivity index (χ2n) is 3.69. The van der Waals surface area contributed by atoms with Crippen LogP contribution in [0, 0.1) is 6.92 Å². The van der Waals surface area contributed by atoms with Gasteiger partial charge in [0, 0.05) is 17.8 Å². The van der Waals surface area contributed by atoms with E-state index in [4.69, 9.17) is 10.5 Å². The first kappa shape index (κ1) is 11.0. The monoisotopic (exact) mass is 194 g/mol. The molecule has 0 aliphatic rings. The average molecular weight is 194 g/mol. The van der Waals surface area contributed by atoms with E-state index in [1.54, 1.807) is 7.11 Å². The highest BCUT2D eigenvalue weighted by molar-refractivity contribution is 5.28. The normalized spacial score (nSPS) is 12.6. The van der Waals surface area contributed by atoms with Crippen molar-refractivity contribution in [1.29, 1.82) is 0 Å². The molecule has 0 amide bonds. The molecule has 1 atom stereocenters. The van der Waals surface area contributed by atoms with Gasteiger partial charge in [0.05, 0.1) is 7.11 Å². The predicted molar refractivity (Wildman–Crippen MR) is 57.5 cm³/mol. The molecule has 0 aromatic carbocycles. The molecule has 14 heavy (non-hydrogen) atoms. The van der Waals surface area contributed by atoms with Crippen LogP contribution >= 0.6 is 0 Å². The zero-order chi connectivity index (χ0) is 10.6. The van der Waals surface area contributed by atoms with E-state index in [1.165, 1.54) is 5.56 Å². The smallest absolute Gasteiger partial charge is 0.215 e. The van der Waals surface area contributed by atoms with Gasteiger partial charge in [0.15, 0.2) is 0 Å². The number of aromatic nitrogens is 1. The number of pyridine rings is 1. The third kappa shape index (κ3) is 3.00. The van der Waals surface area contributed by atoms with Gasteiger partial charge in [0.1, 0.15) is 0 Å². The van der Waals surface area contributed by atoms with E-state index in [1.807, 2.05) is 20.0 Å². The molecule has 2 N–H and O–H groups in total. The Kier molecular flexibility index (Phi) is 3.89. The molecule has 0 fully saturated rings. The molecular weight excluding hydrogens is 176 g/mol. The zero-order valence-electron chi connectivity index (χ0n) is 9.08. The van der Waals surface area contributed by atoms with Crippen LogP contribution in [-0.4, -0.2) is 18.1 Å². The number of rotatable bonds is 4. The molecule has 78 valence electrons. The van der Waals surface area contributed by atoms with Crippen molar-refractivity contribution in [3.8, 4) is 5.88 Å². The standard InChI is InChI=1S/C11H18N2O/c1-8-6-10(5-4-9(2)12)7-13-11(8)14-3/h6-7,9H,4-5,12H2,1-3H3. The first-order valence-electron chi connectivity index (χ1n) is 4.88. The van der Waals surface area contributed by atoms with Crippen LogP contribution in [0.15, 0.2) is 12.3 Å². The van der Waals surface area contributed by atoms with Gasteiger partial charge < -0.3 is 10.5 Å². The Bertz CT molecular complexity index is 297. The minimum absolute atomic E-state index is 0.248. The molecule has 0 radical (unpaired) electrons. The van der Waals surface area contributed by atoms with Crippen LogP contribution < -0.4 is 10.5 Å². The van der Waals surface area contributed by atoms with Crippen molar-refractivity contribution in [2.45, 2.75) is 32.7 Å². The summed E-state index contributed by atoms with van der Waals surface area (Å²) in [5.74, 6) is 0.703. The summed E-state index contributed by atoms with van der Waals surface area (Å²) in [4.78, 5) is 4.21. The Balaban J connectivity index is 2.66. The van der Waals surface area contributed by atoms with Crippen molar-refractivity contribution in [3.05, 3.63) is 23.4 Å². The largest absolute Gasteiger partial charge is 0.481 e. The average Bonchev–Trinajstić information content (AvgIpc) is 2.15. The molecule has 0 aliphatic carbocycles. The van der Waals surface area contributed by atoms with E-state index in [0.717, 1.165) is 18.4 Å². The first-order chi connectivity index (χ1) is 6.63. The lowest BCUT2D eigenvalue weighted by Gasteiger charge is -2.07. The van der Waals surface area contributed by atoms with Gasteiger partial charge in [-0.25, -0.2) is 4.98 Å². The second kappa shape index (κ2) is 4.96. The van der Waals surface area contributed by atoms with Gasteiger partial charge in [-0.05, 0) is 38.3 Å². The molecule has 1 rings (SSSR count). The molecule has 1 aromatic rings. The fourth-order valence-electron chi connectivity index (χ4n) is 1.37. The molecule has 3 nitrogen and oxygen atoms in total. The maximum absolute atomic E-state index is 5.69. The van der Waals surface area contributed by atoms with Crippen LogP contribution in [0.4, 0.5) is 0 Å². The Labute approximate surface area is 85.3 Å². The SMILES string of the molecule is COc1ncc(CCC(C)N)cc1C. The van der Waals surface area contributed by atoms with Crippen molar-refractivity contribution in [2.75, 3.05) is 7.11 Å². The summed E-state index contributed by atoms with van der Waals surface area (Å²) in [7, 11) is 1.64. The van der Waals surface area contributed by atoms with Gasteiger partial charge >= 0.3 is 0 Å². The highest BCUT2D eigenvalue weighted by atomic mass is 16.5. The molecular formula is C11H18N2O. The maximum Gasteiger partial charge on any atom is 0.215 e. The molecule has 1 unspecified atom stereocenters. The topological polar surface area (TPSA) is 48.1 Å². The van der Waals surface area contributed by atoms with E-state index in [0.29, 0.717) is 5.88 Å². The Morgan fingerprint density at radius 2 is 2.29 bits per heavy atom. The third-order valence-electron chi connectivity index (χ3n) is 2.17. The maximum atomic E-state index is 5.69. The summed E-state index contributed by atoms with van der Waals surface area (Å²) in [5.41, 5.74) is 7.99. The summed E-state index contributed by atoms with van der Waals surface area (Å²) in [6.07, 6.45) is 3.83. The van der Waals surface area contributed by atoms with Gasteiger partial charge in [-0.2, -0.15) is 0 Å². The summed E-state index contributed by atoms with van der Waals surface area (Å²) in [5, 5.41) is 0. The zero-order valence-corrected chi connectivity index (χ0v) is 9.08. The van der Waals surface area contributed by atoms with Crippen LogP contribution in [0.2, 0.25) is 0 Å². The fraction of sp³-hybridized carbons (Fsp3) is 0.545. The third-order valence-corrected chi connectivity index (χ3v) is 2.17. The summed E-state index contributed by atoms with van der Waals surface area (Å²) in [6, 6.07) is 2.35. The highest BCUT2D eigenvalue weighted by Crippen LogP contribution is 2.15. The van der Waals surface area contributed by atoms with Crippen LogP contribution in [0.25, 0.3) is 0 Å². The molecule has 0 saturated carbocycles. The quantitative estimate of drug-likeness (QED) is 0.793. The predicted octanol–water partition coefficient (Wildman–Crippen LogP) is 1.68.